The van der Waals surface area contributed by atoms with Crippen molar-refractivity contribution in [2.75, 3.05) is 13.2 Å². The number of hydrogen-bond acceptors (Lipinski definition) is 5. The van der Waals surface area contributed by atoms with Crippen molar-refractivity contribution in [3.63, 3.8) is 0 Å². The molecule has 0 radical (unpaired) electrons. The van der Waals surface area contributed by atoms with Gasteiger partial charge < -0.3 is 14.9 Å². The third kappa shape index (κ3) is 3.32. The van der Waals surface area contributed by atoms with E-state index in [0.717, 1.165) is 11.3 Å². The molecule has 1 rings (SSSR count). The summed E-state index contributed by atoms with van der Waals surface area (Å²) in [5.41, 5.74) is 0. The molecule has 6 heteroatoms. The van der Waals surface area contributed by atoms with Gasteiger partial charge in [-0.2, -0.15) is 0 Å². The van der Waals surface area contributed by atoms with Crippen LogP contribution in [0, 0.1) is 5.92 Å². The van der Waals surface area contributed by atoms with Crippen LogP contribution in [0.25, 0.3) is 0 Å². The second kappa shape index (κ2) is 5.62. The molecule has 0 spiro atoms. The summed E-state index contributed by atoms with van der Waals surface area (Å²) >= 11 is 0.872. The highest BCUT2D eigenvalue weighted by Crippen LogP contribution is 2.17. The first-order chi connectivity index (χ1) is 7.54. The molecule has 16 heavy (non-hydrogen) atoms. The van der Waals surface area contributed by atoms with Crippen LogP contribution in [0.3, 0.4) is 0 Å². The van der Waals surface area contributed by atoms with E-state index in [4.69, 9.17) is 14.9 Å². The number of aliphatic hydroxyl groups is 1. The predicted molar refractivity (Wildman–Crippen MR) is 57.8 cm³/mol. The highest BCUT2D eigenvalue weighted by atomic mass is 32.1. The van der Waals surface area contributed by atoms with Gasteiger partial charge in [-0.25, -0.2) is 9.59 Å². The van der Waals surface area contributed by atoms with E-state index in [1.165, 1.54) is 12.1 Å². The first kappa shape index (κ1) is 12.7. The van der Waals surface area contributed by atoms with Crippen LogP contribution in [0.15, 0.2) is 12.1 Å². The van der Waals surface area contributed by atoms with Crippen molar-refractivity contribution in [2.45, 2.75) is 6.92 Å². The zero-order chi connectivity index (χ0) is 12.1. The van der Waals surface area contributed by atoms with Crippen LogP contribution in [0.1, 0.15) is 26.3 Å². The molecule has 2 N–H and O–H groups in total. The Kier molecular flexibility index (Phi) is 4.45. The van der Waals surface area contributed by atoms with Crippen molar-refractivity contribution in [2.24, 2.45) is 5.92 Å². The van der Waals surface area contributed by atoms with Crippen LogP contribution in [-0.2, 0) is 4.74 Å². The Morgan fingerprint density at radius 3 is 2.56 bits per heavy atom. The van der Waals surface area contributed by atoms with Gasteiger partial charge in [-0.3, -0.25) is 0 Å². The molecule has 0 aliphatic rings. The SMILES string of the molecule is CC(CO)COC(=O)c1ccc(C(=O)O)s1. The van der Waals surface area contributed by atoms with Gasteiger partial charge in [-0.1, -0.05) is 6.92 Å². The number of ether oxygens (including phenoxy) is 1. The third-order valence-corrected chi connectivity index (χ3v) is 2.88. The summed E-state index contributed by atoms with van der Waals surface area (Å²) in [6.07, 6.45) is 0. The molecule has 0 aliphatic carbocycles. The highest BCUT2D eigenvalue weighted by Gasteiger charge is 2.14. The summed E-state index contributed by atoms with van der Waals surface area (Å²) < 4.78 is 4.89. The monoisotopic (exact) mass is 244 g/mol. The van der Waals surface area contributed by atoms with E-state index in [1.807, 2.05) is 0 Å². The number of thiophene rings is 1. The Hall–Kier alpha value is -1.40. The van der Waals surface area contributed by atoms with Gasteiger partial charge in [0.15, 0.2) is 0 Å². The molecule has 1 atom stereocenters. The first-order valence-electron chi connectivity index (χ1n) is 4.65. The number of aromatic carboxylic acids is 1. The molecule has 0 fully saturated rings. The second-order valence-electron chi connectivity index (χ2n) is 3.36. The number of hydrogen-bond donors (Lipinski definition) is 2. The Labute approximate surface area is 96.3 Å². The lowest BCUT2D eigenvalue weighted by Crippen LogP contribution is -2.13. The minimum Gasteiger partial charge on any atom is -0.477 e. The lowest BCUT2D eigenvalue weighted by atomic mass is 10.2. The maximum Gasteiger partial charge on any atom is 0.348 e. The minimum absolute atomic E-state index is 0.0574. The fraction of sp³-hybridized carbons (Fsp3) is 0.400. The topological polar surface area (TPSA) is 83.8 Å². The molecule has 0 saturated carbocycles. The summed E-state index contributed by atoms with van der Waals surface area (Å²) in [6, 6.07) is 2.78. The normalized spacial score (nSPS) is 12.1. The largest absolute Gasteiger partial charge is 0.477 e. The Bertz CT molecular complexity index is 384. The molecule has 1 heterocycles. The minimum atomic E-state index is -1.06. The molecule has 0 aromatic carbocycles. The Morgan fingerprint density at radius 1 is 1.44 bits per heavy atom. The van der Waals surface area contributed by atoms with Gasteiger partial charge in [0.2, 0.25) is 0 Å². The number of esters is 1. The van der Waals surface area contributed by atoms with Crippen molar-refractivity contribution in [1.29, 1.82) is 0 Å². The molecule has 1 aromatic rings. The summed E-state index contributed by atoms with van der Waals surface area (Å²) in [4.78, 5) is 22.3. The Balaban J connectivity index is 2.56. The van der Waals surface area contributed by atoms with Crippen molar-refractivity contribution in [3.05, 3.63) is 21.9 Å². The Morgan fingerprint density at radius 2 is 2.06 bits per heavy atom. The average molecular weight is 244 g/mol. The predicted octanol–water partition coefficient (Wildman–Crippen LogP) is 1.23. The van der Waals surface area contributed by atoms with Crippen LogP contribution in [-0.4, -0.2) is 35.4 Å². The lowest BCUT2D eigenvalue weighted by molar-refractivity contribution is 0.0410. The van der Waals surface area contributed by atoms with Crippen molar-refractivity contribution >= 4 is 23.3 Å². The van der Waals surface area contributed by atoms with Gasteiger partial charge in [0, 0.05) is 12.5 Å². The molecule has 0 aliphatic heterocycles. The van der Waals surface area contributed by atoms with Gasteiger partial charge in [0.25, 0.3) is 0 Å². The van der Waals surface area contributed by atoms with Crippen LogP contribution in [0.2, 0.25) is 0 Å². The fourth-order valence-corrected chi connectivity index (χ4v) is 1.64. The van der Waals surface area contributed by atoms with Gasteiger partial charge >= 0.3 is 11.9 Å². The van der Waals surface area contributed by atoms with E-state index >= 15 is 0 Å². The van der Waals surface area contributed by atoms with Gasteiger partial charge in [0.1, 0.15) is 9.75 Å². The molecular weight excluding hydrogens is 232 g/mol. The first-order valence-corrected chi connectivity index (χ1v) is 5.47. The standard InChI is InChI=1S/C10H12O5S/c1-6(4-11)5-15-10(14)8-3-2-7(16-8)9(12)13/h2-3,6,11H,4-5H2,1H3,(H,12,13). The van der Waals surface area contributed by atoms with E-state index < -0.39 is 11.9 Å². The van der Waals surface area contributed by atoms with E-state index in [9.17, 15) is 9.59 Å². The number of carboxylic acid groups (broad SMARTS) is 1. The number of carbonyl (C=O) groups excluding carboxylic acids is 1. The average Bonchev–Trinajstić information content (AvgIpc) is 2.74. The molecule has 88 valence electrons. The smallest absolute Gasteiger partial charge is 0.348 e. The van der Waals surface area contributed by atoms with Gasteiger partial charge in [-0.15, -0.1) is 11.3 Å². The second-order valence-corrected chi connectivity index (χ2v) is 4.44. The van der Waals surface area contributed by atoms with Crippen LogP contribution < -0.4 is 0 Å². The zero-order valence-corrected chi connectivity index (χ0v) is 9.49. The molecule has 0 bridgehead atoms. The zero-order valence-electron chi connectivity index (χ0n) is 8.67. The van der Waals surface area contributed by atoms with E-state index in [2.05, 4.69) is 0 Å². The molecule has 5 nitrogen and oxygen atoms in total. The highest BCUT2D eigenvalue weighted by molar-refractivity contribution is 7.15. The maximum atomic E-state index is 11.4. The summed E-state index contributed by atoms with van der Waals surface area (Å²) in [5.74, 6) is -1.74. The molecule has 1 aromatic heterocycles. The molecule has 1 unspecified atom stereocenters. The number of carboxylic acids is 1. The third-order valence-electron chi connectivity index (χ3n) is 1.83. The van der Waals surface area contributed by atoms with Crippen molar-refractivity contribution in [1.82, 2.24) is 0 Å². The molecule has 0 amide bonds. The van der Waals surface area contributed by atoms with E-state index in [1.54, 1.807) is 6.92 Å². The summed E-state index contributed by atoms with van der Waals surface area (Å²) in [5, 5.41) is 17.4. The maximum absolute atomic E-state index is 11.4. The van der Waals surface area contributed by atoms with Crippen LogP contribution >= 0.6 is 11.3 Å². The summed E-state index contributed by atoms with van der Waals surface area (Å²) in [6.45, 7) is 1.80. The van der Waals surface area contributed by atoms with Crippen LogP contribution in [0.5, 0.6) is 0 Å². The lowest BCUT2D eigenvalue weighted by Gasteiger charge is -2.07. The summed E-state index contributed by atoms with van der Waals surface area (Å²) in [7, 11) is 0. The van der Waals surface area contributed by atoms with Crippen molar-refractivity contribution < 1.29 is 24.5 Å². The molecular formula is C10H12O5S. The number of carbonyl (C=O) groups is 2. The number of rotatable bonds is 5. The van der Waals surface area contributed by atoms with Gasteiger partial charge in [-0.05, 0) is 12.1 Å². The van der Waals surface area contributed by atoms with Crippen molar-refractivity contribution in [3.8, 4) is 0 Å². The quantitative estimate of drug-likeness (QED) is 0.761. The van der Waals surface area contributed by atoms with E-state index in [-0.39, 0.29) is 28.9 Å². The van der Waals surface area contributed by atoms with Crippen LogP contribution in [0.4, 0.5) is 0 Å². The van der Waals surface area contributed by atoms with Gasteiger partial charge in [0.05, 0.1) is 6.61 Å². The number of aliphatic hydroxyl groups excluding tert-OH is 1. The fourth-order valence-electron chi connectivity index (χ4n) is 0.904. The van der Waals surface area contributed by atoms with E-state index in [0.29, 0.717) is 0 Å². The molecule has 0 saturated heterocycles.